The van der Waals surface area contributed by atoms with Gasteiger partial charge in [-0.15, -0.1) is 11.8 Å². The number of anilines is 1. The van der Waals surface area contributed by atoms with E-state index in [1.54, 1.807) is 7.11 Å². The second-order valence-electron chi connectivity index (χ2n) is 4.25. The summed E-state index contributed by atoms with van der Waals surface area (Å²) < 4.78 is 23.4. The molecule has 0 aromatic heterocycles. The van der Waals surface area contributed by atoms with Crippen molar-refractivity contribution in [1.82, 2.24) is 0 Å². The third-order valence-corrected chi connectivity index (χ3v) is 3.60. The SMILES string of the molecule is COCC(C)OCC(O)CSc1cc(F)ccc1N. The molecule has 0 saturated heterocycles. The normalized spacial score (nSPS) is 14.3. The largest absolute Gasteiger partial charge is 0.398 e. The van der Waals surface area contributed by atoms with Gasteiger partial charge < -0.3 is 20.3 Å². The van der Waals surface area contributed by atoms with Gasteiger partial charge in [-0.05, 0) is 25.1 Å². The number of aliphatic hydroxyl groups is 1. The van der Waals surface area contributed by atoms with E-state index in [1.807, 2.05) is 6.92 Å². The van der Waals surface area contributed by atoms with Crippen LogP contribution in [0.4, 0.5) is 10.1 Å². The fourth-order valence-corrected chi connectivity index (χ4v) is 2.32. The summed E-state index contributed by atoms with van der Waals surface area (Å²) >= 11 is 1.31. The van der Waals surface area contributed by atoms with Crippen LogP contribution in [0.25, 0.3) is 0 Å². The van der Waals surface area contributed by atoms with Gasteiger partial charge in [0.05, 0.1) is 25.4 Å². The van der Waals surface area contributed by atoms with Crippen molar-refractivity contribution in [2.75, 3.05) is 31.8 Å². The second-order valence-corrected chi connectivity index (χ2v) is 5.31. The zero-order valence-electron chi connectivity index (χ0n) is 11.1. The molecule has 1 rings (SSSR count). The number of ether oxygens (including phenoxy) is 2. The Morgan fingerprint density at radius 3 is 2.84 bits per heavy atom. The molecule has 0 radical (unpaired) electrons. The highest BCUT2D eigenvalue weighted by atomic mass is 32.2. The van der Waals surface area contributed by atoms with Crippen molar-refractivity contribution in [3.8, 4) is 0 Å². The van der Waals surface area contributed by atoms with Crippen LogP contribution in [-0.2, 0) is 9.47 Å². The summed E-state index contributed by atoms with van der Waals surface area (Å²) in [6.07, 6.45) is -0.698. The topological polar surface area (TPSA) is 64.7 Å². The average molecular weight is 289 g/mol. The predicted octanol–water partition coefficient (Wildman–Crippen LogP) is 1.91. The minimum Gasteiger partial charge on any atom is -0.398 e. The number of hydrogen-bond acceptors (Lipinski definition) is 5. The highest BCUT2D eigenvalue weighted by molar-refractivity contribution is 7.99. The first-order chi connectivity index (χ1) is 9.02. The van der Waals surface area contributed by atoms with E-state index in [2.05, 4.69) is 0 Å². The summed E-state index contributed by atoms with van der Waals surface area (Å²) in [5.41, 5.74) is 6.23. The highest BCUT2D eigenvalue weighted by Gasteiger charge is 2.10. The van der Waals surface area contributed by atoms with E-state index in [1.165, 1.54) is 30.0 Å². The number of rotatable bonds is 8. The van der Waals surface area contributed by atoms with Crippen molar-refractivity contribution >= 4 is 17.4 Å². The zero-order valence-corrected chi connectivity index (χ0v) is 12.0. The van der Waals surface area contributed by atoms with E-state index in [0.29, 0.717) is 22.9 Å². The Labute approximate surface area is 117 Å². The Balaban J connectivity index is 2.33. The van der Waals surface area contributed by atoms with E-state index in [-0.39, 0.29) is 18.5 Å². The van der Waals surface area contributed by atoms with Crippen LogP contribution < -0.4 is 5.73 Å². The van der Waals surface area contributed by atoms with Gasteiger partial charge in [0.2, 0.25) is 0 Å². The number of aliphatic hydroxyl groups excluding tert-OH is 1. The molecule has 0 aliphatic heterocycles. The molecule has 4 nitrogen and oxygen atoms in total. The van der Waals surface area contributed by atoms with Gasteiger partial charge in [0.15, 0.2) is 0 Å². The van der Waals surface area contributed by atoms with E-state index < -0.39 is 6.10 Å². The first kappa shape index (κ1) is 16.2. The minimum absolute atomic E-state index is 0.0658. The molecule has 2 atom stereocenters. The Hall–Kier alpha value is -0.820. The van der Waals surface area contributed by atoms with Crippen LogP contribution in [0.15, 0.2) is 23.1 Å². The van der Waals surface area contributed by atoms with E-state index >= 15 is 0 Å². The van der Waals surface area contributed by atoms with Crippen molar-refractivity contribution in [1.29, 1.82) is 0 Å². The van der Waals surface area contributed by atoms with Crippen LogP contribution >= 0.6 is 11.8 Å². The third kappa shape index (κ3) is 6.24. The fourth-order valence-electron chi connectivity index (χ4n) is 1.43. The first-order valence-corrected chi connectivity index (χ1v) is 6.98. The minimum atomic E-state index is -0.632. The highest BCUT2D eigenvalue weighted by Crippen LogP contribution is 2.26. The lowest BCUT2D eigenvalue weighted by Gasteiger charge is -2.16. The quantitative estimate of drug-likeness (QED) is 0.565. The molecule has 0 aliphatic carbocycles. The molecule has 0 bridgehead atoms. The lowest BCUT2D eigenvalue weighted by atomic mass is 10.3. The molecular formula is C13H20FNO3S. The third-order valence-electron chi connectivity index (χ3n) is 2.38. The Morgan fingerprint density at radius 1 is 1.42 bits per heavy atom. The van der Waals surface area contributed by atoms with Crippen LogP contribution in [0.5, 0.6) is 0 Å². The van der Waals surface area contributed by atoms with E-state index in [9.17, 15) is 9.50 Å². The summed E-state index contributed by atoms with van der Waals surface area (Å²) in [5.74, 6) is 0.0593. The van der Waals surface area contributed by atoms with Crippen LogP contribution in [0.2, 0.25) is 0 Å². The Kier molecular flexibility index (Phi) is 7.15. The molecule has 3 N–H and O–H groups in total. The van der Waals surface area contributed by atoms with Crippen molar-refractivity contribution in [3.63, 3.8) is 0 Å². The summed E-state index contributed by atoms with van der Waals surface area (Å²) in [5, 5.41) is 9.77. The Bertz CT molecular complexity index is 392. The second kappa shape index (κ2) is 8.37. The molecule has 0 saturated carbocycles. The first-order valence-electron chi connectivity index (χ1n) is 5.99. The van der Waals surface area contributed by atoms with Gasteiger partial charge in [0, 0.05) is 23.4 Å². The van der Waals surface area contributed by atoms with Gasteiger partial charge in [0.1, 0.15) is 5.82 Å². The summed E-state index contributed by atoms with van der Waals surface area (Å²) in [6.45, 7) is 2.57. The van der Waals surface area contributed by atoms with Gasteiger partial charge in [-0.3, -0.25) is 0 Å². The summed E-state index contributed by atoms with van der Waals surface area (Å²) in [4.78, 5) is 0.629. The van der Waals surface area contributed by atoms with E-state index in [0.717, 1.165) is 0 Å². The van der Waals surface area contributed by atoms with Crippen molar-refractivity contribution in [3.05, 3.63) is 24.0 Å². The van der Waals surface area contributed by atoms with E-state index in [4.69, 9.17) is 15.2 Å². The van der Waals surface area contributed by atoms with Crippen molar-refractivity contribution in [2.45, 2.75) is 24.0 Å². The predicted molar refractivity (Wildman–Crippen MR) is 74.8 cm³/mol. The molecule has 2 unspecified atom stereocenters. The molecule has 108 valence electrons. The Morgan fingerprint density at radius 2 is 2.16 bits per heavy atom. The molecule has 0 fully saturated rings. The smallest absolute Gasteiger partial charge is 0.124 e. The monoisotopic (exact) mass is 289 g/mol. The number of halogens is 1. The molecule has 0 heterocycles. The summed E-state index contributed by atoms with van der Waals surface area (Å²) in [7, 11) is 1.60. The van der Waals surface area contributed by atoms with Crippen molar-refractivity contribution in [2.24, 2.45) is 0 Å². The molecule has 6 heteroatoms. The maximum atomic E-state index is 13.0. The number of thioether (sulfide) groups is 1. The molecular weight excluding hydrogens is 269 g/mol. The van der Waals surface area contributed by atoms with Gasteiger partial charge in [0.25, 0.3) is 0 Å². The number of nitrogen functional groups attached to an aromatic ring is 1. The van der Waals surface area contributed by atoms with Crippen molar-refractivity contribution < 1.29 is 19.0 Å². The lowest BCUT2D eigenvalue weighted by Crippen LogP contribution is -2.24. The maximum absolute atomic E-state index is 13.0. The van der Waals surface area contributed by atoms with Gasteiger partial charge >= 0.3 is 0 Å². The summed E-state index contributed by atoms with van der Waals surface area (Å²) in [6, 6.07) is 4.19. The van der Waals surface area contributed by atoms with Crippen LogP contribution in [0, 0.1) is 5.82 Å². The molecule has 0 spiro atoms. The number of hydrogen-bond donors (Lipinski definition) is 2. The molecule has 0 amide bonds. The maximum Gasteiger partial charge on any atom is 0.124 e. The van der Waals surface area contributed by atoms with Crippen LogP contribution in [0.3, 0.4) is 0 Å². The standard InChI is InChI=1S/C13H20FNO3S/c1-9(6-17-2)18-7-11(16)8-19-13-5-10(14)3-4-12(13)15/h3-5,9,11,16H,6-8,15H2,1-2H3. The lowest BCUT2D eigenvalue weighted by molar-refractivity contribution is -0.0257. The van der Waals surface area contributed by atoms with Crippen LogP contribution in [-0.4, -0.2) is 43.4 Å². The van der Waals surface area contributed by atoms with Gasteiger partial charge in [-0.1, -0.05) is 0 Å². The number of nitrogens with two attached hydrogens (primary N) is 1. The molecule has 1 aromatic rings. The molecule has 1 aromatic carbocycles. The fraction of sp³-hybridized carbons (Fsp3) is 0.538. The zero-order chi connectivity index (χ0) is 14.3. The molecule has 0 aliphatic rings. The average Bonchev–Trinajstić information content (AvgIpc) is 2.38. The molecule has 19 heavy (non-hydrogen) atoms. The van der Waals surface area contributed by atoms with Gasteiger partial charge in [-0.2, -0.15) is 0 Å². The number of benzene rings is 1. The van der Waals surface area contributed by atoms with Crippen LogP contribution in [0.1, 0.15) is 6.92 Å². The number of methoxy groups -OCH3 is 1. The van der Waals surface area contributed by atoms with Gasteiger partial charge in [-0.25, -0.2) is 4.39 Å².